The first-order chi connectivity index (χ1) is 9.24. The number of fused-ring (bicyclic) bond motifs is 1. The molecule has 5 heteroatoms. The van der Waals surface area contributed by atoms with E-state index in [1.165, 1.54) is 31.7 Å². The van der Waals surface area contributed by atoms with Gasteiger partial charge in [-0.15, -0.1) is 0 Å². The topological polar surface area (TPSA) is 71.3 Å². The Morgan fingerprint density at radius 2 is 2.00 bits per heavy atom. The maximum absolute atomic E-state index is 11.9. The summed E-state index contributed by atoms with van der Waals surface area (Å²) >= 11 is 0. The van der Waals surface area contributed by atoms with Crippen LogP contribution < -0.4 is 16.3 Å². The minimum Gasteiger partial charge on any atom is -0.406 e. The van der Waals surface area contributed by atoms with Crippen LogP contribution >= 0.6 is 0 Å². The van der Waals surface area contributed by atoms with Crippen LogP contribution in [-0.4, -0.2) is 12.6 Å². The molecule has 1 aliphatic heterocycles. The molecule has 5 nitrogen and oxygen atoms in total. The number of carbonyl (C=O) groups is 1. The second kappa shape index (κ2) is 5.07. The third-order valence-electron chi connectivity index (χ3n) is 4.06. The SMILES string of the molecule is O=C1NCNc2oc(=O)cc(CCC3CCCC3)c21. The van der Waals surface area contributed by atoms with Crippen molar-refractivity contribution in [1.82, 2.24) is 5.32 Å². The van der Waals surface area contributed by atoms with Gasteiger partial charge in [-0.25, -0.2) is 4.79 Å². The van der Waals surface area contributed by atoms with Gasteiger partial charge in [-0.2, -0.15) is 0 Å². The number of amides is 1. The van der Waals surface area contributed by atoms with Crippen molar-refractivity contribution in [2.45, 2.75) is 38.5 Å². The molecular formula is C14H18N2O3. The van der Waals surface area contributed by atoms with E-state index in [2.05, 4.69) is 10.6 Å². The molecule has 102 valence electrons. The van der Waals surface area contributed by atoms with Gasteiger partial charge in [-0.1, -0.05) is 25.7 Å². The zero-order chi connectivity index (χ0) is 13.2. The molecule has 0 atom stereocenters. The highest BCUT2D eigenvalue weighted by atomic mass is 16.4. The second-order valence-electron chi connectivity index (χ2n) is 5.34. The maximum atomic E-state index is 11.9. The number of nitrogens with one attached hydrogen (secondary N) is 2. The number of carbonyl (C=O) groups excluding carboxylic acids is 1. The molecule has 1 aromatic heterocycles. The quantitative estimate of drug-likeness (QED) is 0.872. The van der Waals surface area contributed by atoms with Crippen LogP contribution in [0.2, 0.25) is 0 Å². The van der Waals surface area contributed by atoms with E-state index in [1.807, 2.05) is 0 Å². The Labute approximate surface area is 111 Å². The van der Waals surface area contributed by atoms with E-state index in [9.17, 15) is 9.59 Å². The minimum atomic E-state index is -0.387. The zero-order valence-electron chi connectivity index (χ0n) is 10.8. The summed E-state index contributed by atoms with van der Waals surface area (Å²) in [6, 6.07) is 1.46. The number of hydrogen-bond donors (Lipinski definition) is 2. The Bertz CT molecular complexity index is 544. The number of hydrogen-bond acceptors (Lipinski definition) is 4. The van der Waals surface area contributed by atoms with Gasteiger partial charge < -0.3 is 15.1 Å². The van der Waals surface area contributed by atoms with Gasteiger partial charge in [0.25, 0.3) is 5.91 Å². The molecule has 0 unspecified atom stereocenters. The molecule has 0 bridgehead atoms. The normalized spacial score (nSPS) is 18.8. The number of aryl methyl sites for hydroxylation is 1. The number of rotatable bonds is 3. The Balaban J connectivity index is 1.85. The minimum absolute atomic E-state index is 0.154. The average molecular weight is 262 g/mol. The van der Waals surface area contributed by atoms with E-state index < -0.39 is 0 Å². The largest absolute Gasteiger partial charge is 0.406 e. The van der Waals surface area contributed by atoms with Gasteiger partial charge in [0, 0.05) is 6.07 Å². The first-order valence-corrected chi connectivity index (χ1v) is 6.93. The molecule has 3 rings (SSSR count). The van der Waals surface area contributed by atoms with E-state index >= 15 is 0 Å². The van der Waals surface area contributed by atoms with Crippen molar-refractivity contribution in [2.75, 3.05) is 12.0 Å². The van der Waals surface area contributed by atoms with Crippen LogP contribution in [0, 0.1) is 5.92 Å². The van der Waals surface area contributed by atoms with E-state index in [-0.39, 0.29) is 11.5 Å². The summed E-state index contributed by atoms with van der Waals surface area (Å²) in [4.78, 5) is 23.4. The van der Waals surface area contributed by atoms with Gasteiger partial charge >= 0.3 is 5.63 Å². The molecule has 0 aromatic carbocycles. The molecule has 1 fully saturated rings. The lowest BCUT2D eigenvalue weighted by Crippen LogP contribution is -2.36. The summed E-state index contributed by atoms with van der Waals surface area (Å²) in [5, 5.41) is 5.62. The molecule has 19 heavy (non-hydrogen) atoms. The monoisotopic (exact) mass is 262 g/mol. The van der Waals surface area contributed by atoms with Gasteiger partial charge in [0.1, 0.15) is 5.56 Å². The second-order valence-corrected chi connectivity index (χ2v) is 5.34. The summed E-state index contributed by atoms with van der Waals surface area (Å²) in [5.41, 5.74) is 0.925. The molecule has 2 aliphatic rings. The lowest BCUT2D eigenvalue weighted by atomic mass is 9.96. The van der Waals surface area contributed by atoms with Crippen molar-refractivity contribution in [3.05, 3.63) is 27.6 Å². The predicted molar refractivity (Wildman–Crippen MR) is 71.2 cm³/mol. The van der Waals surface area contributed by atoms with Crippen LogP contribution in [0.25, 0.3) is 0 Å². The standard InChI is InChI=1S/C14H18N2O3/c17-11-7-10(6-5-9-3-1-2-4-9)12-13(18)15-8-16-14(12)19-11/h7,9,16H,1-6,8H2,(H,15,18). The van der Waals surface area contributed by atoms with Gasteiger partial charge in [-0.3, -0.25) is 4.79 Å². The molecule has 1 amide bonds. The van der Waals surface area contributed by atoms with Crippen LogP contribution in [0.1, 0.15) is 48.0 Å². The zero-order valence-corrected chi connectivity index (χ0v) is 10.8. The van der Waals surface area contributed by atoms with E-state index in [0.29, 0.717) is 18.1 Å². The average Bonchev–Trinajstić information content (AvgIpc) is 2.88. The lowest BCUT2D eigenvalue weighted by molar-refractivity contribution is 0.0948. The molecule has 1 aliphatic carbocycles. The van der Waals surface area contributed by atoms with Crippen molar-refractivity contribution in [1.29, 1.82) is 0 Å². The summed E-state index contributed by atoms with van der Waals surface area (Å²) in [6.07, 6.45) is 6.97. The third-order valence-corrected chi connectivity index (χ3v) is 4.06. The van der Waals surface area contributed by atoms with E-state index in [4.69, 9.17) is 4.42 Å². The van der Waals surface area contributed by atoms with Gasteiger partial charge in [-0.05, 0) is 24.3 Å². The molecule has 1 aromatic rings. The summed E-state index contributed by atoms with van der Waals surface area (Å²) in [5.74, 6) is 0.902. The van der Waals surface area contributed by atoms with E-state index in [1.54, 1.807) is 0 Å². The highest BCUT2D eigenvalue weighted by Crippen LogP contribution is 2.30. The summed E-state index contributed by atoms with van der Waals surface area (Å²) in [6.45, 7) is 0.306. The first kappa shape index (κ1) is 12.3. The Kier molecular flexibility index (Phi) is 3.27. The Morgan fingerprint density at radius 1 is 1.21 bits per heavy atom. The fraction of sp³-hybridized carbons (Fsp3) is 0.571. The van der Waals surface area contributed by atoms with E-state index in [0.717, 1.165) is 24.3 Å². The molecule has 2 heterocycles. The third kappa shape index (κ3) is 2.50. The number of anilines is 1. The smallest absolute Gasteiger partial charge is 0.337 e. The molecule has 0 radical (unpaired) electrons. The van der Waals surface area contributed by atoms with Crippen molar-refractivity contribution in [3.63, 3.8) is 0 Å². The highest BCUT2D eigenvalue weighted by Gasteiger charge is 2.24. The maximum Gasteiger partial charge on any atom is 0.337 e. The van der Waals surface area contributed by atoms with Gasteiger partial charge in [0.2, 0.25) is 5.88 Å². The Morgan fingerprint density at radius 3 is 2.79 bits per heavy atom. The van der Waals surface area contributed by atoms with Crippen LogP contribution in [0.15, 0.2) is 15.3 Å². The van der Waals surface area contributed by atoms with Gasteiger partial charge in [0.05, 0.1) is 6.67 Å². The molecular weight excluding hydrogens is 244 g/mol. The van der Waals surface area contributed by atoms with Crippen LogP contribution in [0.3, 0.4) is 0 Å². The summed E-state index contributed by atoms with van der Waals surface area (Å²) in [7, 11) is 0. The molecule has 1 saturated carbocycles. The lowest BCUT2D eigenvalue weighted by Gasteiger charge is -2.19. The molecule has 2 N–H and O–H groups in total. The van der Waals surface area contributed by atoms with Crippen molar-refractivity contribution in [3.8, 4) is 0 Å². The fourth-order valence-corrected chi connectivity index (χ4v) is 3.06. The Hall–Kier alpha value is -1.78. The highest BCUT2D eigenvalue weighted by molar-refractivity contribution is 6.01. The van der Waals surface area contributed by atoms with Gasteiger partial charge in [0.15, 0.2) is 0 Å². The first-order valence-electron chi connectivity index (χ1n) is 6.93. The van der Waals surface area contributed by atoms with Crippen LogP contribution in [-0.2, 0) is 6.42 Å². The molecule has 0 spiro atoms. The summed E-state index contributed by atoms with van der Waals surface area (Å²) < 4.78 is 5.06. The van der Waals surface area contributed by atoms with Crippen LogP contribution in [0.4, 0.5) is 5.88 Å². The molecule has 0 saturated heterocycles. The van der Waals surface area contributed by atoms with Crippen LogP contribution in [0.5, 0.6) is 0 Å². The van der Waals surface area contributed by atoms with Crippen molar-refractivity contribution >= 4 is 11.8 Å². The predicted octanol–water partition coefficient (Wildman–Crippen LogP) is 1.88. The fourth-order valence-electron chi connectivity index (χ4n) is 3.06. The van der Waals surface area contributed by atoms with Crippen molar-refractivity contribution < 1.29 is 9.21 Å². The van der Waals surface area contributed by atoms with Crippen molar-refractivity contribution in [2.24, 2.45) is 5.92 Å².